The van der Waals surface area contributed by atoms with Crippen LogP contribution in [0.15, 0.2) is 66.7 Å². The third kappa shape index (κ3) is 2.50. The first-order chi connectivity index (χ1) is 10.7. The van der Waals surface area contributed by atoms with Crippen LogP contribution in [0.2, 0.25) is 0 Å². The van der Waals surface area contributed by atoms with Crippen molar-refractivity contribution in [3.05, 3.63) is 72.3 Å². The van der Waals surface area contributed by atoms with Gasteiger partial charge in [-0.25, -0.2) is 0 Å². The zero-order valence-electron chi connectivity index (χ0n) is 12.0. The van der Waals surface area contributed by atoms with Gasteiger partial charge >= 0.3 is 0 Å². The molecule has 3 nitrogen and oxygen atoms in total. The third-order valence-corrected chi connectivity index (χ3v) is 3.63. The SMILES string of the molecule is N#Cc1ccccc1-c1ccc(-c2ccc(N)cc2N)cc1. The van der Waals surface area contributed by atoms with Crippen LogP contribution in [0.25, 0.3) is 22.3 Å². The van der Waals surface area contributed by atoms with Gasteiger partial charge in [-0.3, -0.25) is 0 Å². The Morgan fingerprint density at radius 2 is 1.36 bits per heavy atom. The lowest BCUT2D eigenvalue weighted by Crippen LogP contribution is -1.93. The van der Waals surface area contributed by atoms with Gasteiger partial charge in [0.1, 0.15) is 0 Å². The van der Waals surface area contributed by atoms with Gasteiger partial charge < -0.3 is 11.5 Å². The fourth-order valence-electron chi connectivity index (χ4n) is 2.51. The Balaban J connectivity index is 2.01. The van der Waals surface area contributed by atoms with Crippen LogP contribution in [0.4, 0.5) is 11.4 Å². The molecule has 3 aromatic rings. The molecule has 4 N–H and O–H groups in total. The lowest BCUT2D eigenvalue weighted by atomic mass is 9.97. The maximum absolute atomic E-state index is 9.20. The molecule has 0 aliphatic carbocycles. The molecule has 0 heterocycles. The predicted molar refractivity (Wildman–Crippen MR) is 90.9 cm³/mol. The second-order valence-electron chi connectivity index (χ2n) is 5.08. The van der Waals surface area contributed by atoms with Crippen LogP contribution in [-0.2, 0) is 0 Å². The van der Waals surface area contributed by atoms with Crippen molar-refractivity contribution in [1.29, 1.82) is 5.26 Å². The van der Waals surface area contributed by atoms with Gasteiger partial charge in [-0.15, -0.1) is 0 Å². The quantitative estimate of drug-likeness (QED) is 0.697. The molecule has 22 heavy (non-hydrogen) atoms. The van der Waals surface area contributed by atoms with Gasteiger partial charge in [0.05, 0.1) is 11.6 Å². The van der Waals surface area contributed by atoms with Gasteiger partial charge in [0.2, 0.25) is 0 Å². The number of hydrogen-bond acceptors (Lipinski definition) is 3. The molecule has 0 spiro atoms. The Bertz CT molecular complexity index is 859. The first kappa shape index (κ1) is 13.7. The van der Waals surface area contributed by atoms with Gasteiger partial charge in [0, 0.05) is 16.9 Å². The lowest BCUT2D eigenvalue weighted by molar-refractivity contribution is 1.48. The first-order valence-electron chi connectivity index (χ1n) is 6.94. The van der Waals surface area contributed by atoms with Crippen molar-refractivity contribution < 1.29 is 0 Å². The Hall–Kier alpha value is -3.25. The van der Waals surface area contributed by atoms with Crippen molar-refractivity contribution in [3.8, 4) is 28.3 Å². The van der Waals surface area contributed by atoms with E-state index in [-0.39, 0.29) is 0 Å². The molecule has 0 aliphatic heterocycles. The van der Waals surface area contributed by atoms with Crippen molar-refractivity contribution in [2.75, 3.05) is 11.5 Å². The first-order valence-corrected chi connectivity index (χ1v) is 6.94. The molecule has 106 valence electrons. The molecule has 3 aromatic carbocycles. The largest absolute Gasteiger partial charge is 0.399 e. The summed E-state index contributed by atoms with van der Waals surface area (Å²) in [4.78, 5) is 0. The van der Waals surface area contributed by atoms with E-state index in [9.17, 15) is 5.26 Å². The molecule has 0 aliphatic rings. The van der Waals surface area contributed by atoms with Gasteiger partial charge in [-0.05, 0) is 34.9 Å². The molecular weight excluding hydrogens is 270 g/mol. The molecular formula is C19H15N3. The van der Waals surface area contributed by atoms with Gasteiger partial charge in [0.25, 0.3) is 0 Å². The van der Waals surface area contributed by atoms with Gasteiger partial charge in [-0.1, -0.05) is 48.5 Å². The van der Waals surface area contributed by atoms with Crippen molar-refractivity contribution >= 4 is 11.4 Å². The third-order valence-electron chi connectivity index (χ3n) is 3.63. The van der Waals surface area contributed by atoms with Crippen LogP contribution in [0.1, 0.15) is 5.56 Å². The molecule has 0 aromatic heterocycles. The van der Waals surface area contributed by atoms with Gasteiger partial charge in [-0.2, -0.15) is 5.26 Å². The second-order valence-corrected chi connectivity index (χ2v) is 5.08. The van der Waals surface area contributed by atoms with Crippen LogP contribution in [0.3, 0.4) is 0 Å². The number of nitrogens with zero attached hydrogens (tertiary/aromatic N) is 1. The van der Waals surface area contributed by atoms with Crippen molar-refractivity contribution in [1.82, 2.24) is 0 Å². The minimum absolute atomic E-state index is 0.654. The zero-order chi connectivity index (χ0) is 15.5. The van der Waals surface area contributed by atoms with Crippen molar-refractivity contribution in [2.45, 2.75) is 0 Å². The van der Waals surface area contributed by atoms with Crippen LogP contribution in [0, 0.1) is 11.3 Å². The average Bonchev–Trinajstić information content (AvgIpc) is 2.55. The van der Waals surface area contributed by atoms with E-state index in [1.807, 2.05) is 60.7 Å². The summed E-state index contributed by atoms with van der Waals surface area (Å²) in [5, 5.41) is 9.20. The summed E-state index contributed by atoms with van der Waals surface area (Å²) in [7, 11) is 0. The van der Waals surface area contributed by atoms with E-state index in [2.05, 4.69) is 6.07 Å². The summed E-state index contributed by atoms with van der Waals surface area (Å²) in [6.45, 7) is 0. The minimum atomic E-state index is 0.654. The Labute approximate surface area is 129 Å². The molecule has 0 saturated carbocycles. The normalized spacial score (nSPS) is 10.1. The molecule has 3 heteroatoms. The molecule has 0 unspecified atom stereocenters. The molecule has 0 amide bonds. The summed E-state index contributed by atoms with van der Waals surface area (Å²) in [5.41, 5.74) is 17.7. The van der Waals surface area contributed by atoms with E-state index in [1.165, 1.54) is 0 Å². The fraction of sp³-hybridized carbons (Fsp3) is 0. The maximum atomic E-state index is 9.20. The lowest BCUT2D eigenvalue weighted by Gasteiger charge is -2.09. The fourth-order valence-corrected chi connectivity index (χ4v) is 2.51. The minimum Gasteiger partial charge on any atom is -0.399 e. The number of nitrogen functional groups attached to an aromatic ring is 2. The topological polar surface area (TPSA) is 75.8 Å². The molecule has 0 saturated heterocycles. The van der Waals surface area contributed by atoms with Crippen LogP contribution in [-0.4, -0.2) is 0 Å². The van der Waals surface area contributed by atoms with Gasteiger partial charge in [0.15, 0.2) is 0 Å². The van der Waals surface area contributed by atoms with E-state index < -0.39 is 0 Å². The monoisotopic (exact) mass is 285 g/mol. The van der Waals surface area contributed by atoms with Crippen molar-refractivity contribution in [2.24, 2.45) is 0 Å². The molecule has 0 radical (unpaired) electrons. The average molecular weight is 285 g/mol. The number of rotatable bonds is 2. The number of benzene rings is 3. The van der Waals surface area contributed by atoms with E-state index in [0.29, 0.717) is 16.9 Å². The number of nitriles is 1. The van der Waals surface area contributed by atoms with E-state index >= 15 is 0 Å². The smallest absolute Gasteiger partial charge is 0.0998 e. The van der Waals surface area contributed by atoms with Crippen LogP contribution in [0.5, 0.6) is 0 Å². The van der Waals surface area contributed by atoms with Crippen LogP contribution < -0.4 is 11.5 Å². The standard InChI is InChI=1S/C19H15N3/c20-12-15-3-1-2-4-17(15)13-5-7-14(8-6-13)18-10-9-16(21)11-19(18)22/h1-11H,21-22H2. The molecule has 0 atom stereocenters. The zero-order valence-corrected chi connectivity index (χ0v) is 12.0. The molecule has 3 rings (SSSR count). The summed E-state index contributed by atoms with van der Waals surface area (Å²) >= 11 is 0. The maximum Gasteiger partial charge on any atom is 0.0998 e. The van der Waals surface area contributed by atoms with Crippen molar-refractivity contribution in [3.63, 3.8) is 0 Å². The summed E-state index contributed by atoms with van der Waals surface area (Å²) in [6, 6.07) is 23.3. The highest BCUT2D eigenvalue weighted by molar-refractivity contribution is 5.81. The van der Waals surface area contributed by atoms with E-state index in [4.69, 9.17) is 11.5 Å². The molecule has 0 fully saturated rings. The number of anilines is 2. The summed E-state index contributed by atoms with van der Waals surface area (Å²) in [6.07, 6.45) is 0. The summed E-state index contributed by atoms with van der Waals surface area (Å²) < 4.78 is 0. The Morgan fingerprint density at radius 1 is 0.727 bits per heavy atom. The van der Waals surface area contributed by atoms with E-state index in [0.717, 1.165) is 22.3 Å². The van der Waals surface area contributed by atoms with Crippen LogP contribution >= 0.6 is 0 Å². The Morgan fingerprint density at radius 3 is 2.00 bits per heavy atom. The second kappa shape index (κ2) is 5.63. The number of nitrogens with two attached hydrogens (primary N) is 2. The highest BCUT2D eigenvalue weighted by Crippen LogP contribution is 2.30. The highest BCUT2D eigenvalue weighted by Gasteiger charge is 2.06. The predicted octanol–water partition coefficient (Wildman–Crippen LogP) is 4.06. The summed E-state index contributed by atoms with van der Waals surface area (Å²) in [5.74, 6) is 0. The molecule has 0 bridgehead atoms. The Kier molecular flexibility index (Phi) is 3.51. The number of hydrogen-bond donors (Lipinski definition) is 2. The highest BCUT2D eigenvalue weighted by atomic mass is 14.6. The van der Waals surface area contributed by atoms with E-state index in [1.54, 1.807) is 6.07 Å².